The Morgan fingerprint density at radius 2 is 1.00 bits per heavy atom. The molecule has 4 heteroatoms. The van der Waals surface area contributed by atoms with E-state index in [0.29, 0.717) is 0 Å². The summed E-state index contributed by atoms with van der Waals surface area (Å²) in [5, 5.41) is 0. The zero-order valence-electron chi connectivity index (χ0n) is 11.6. The standard InChI is InChI=1S/C16H20N2S2/c1(3-13-19-15-5-9-17-10-6-15)2-4-14-20-16-7-11-18-12-8-16/h5-12H,1-4,13-14H2. The third-order valence-electron chi connectivity index (χ3n) is 2.88. The minimum Gasteiger partial charge on any atom is -0.265 e. The van der Waals surface area contributed by atoms with E-state index in [1.165, 1.54) is 47.0 Å². The van der Waals surface area contributed by atoms with Crippen LogP contribution in [0.15, 0.2) is 58.8 Å². The fourth-order valence-corrected chi connectivity index (χ4v) is 3.60. The van der Waals surface area contributed by atoms with Crippen LogP contribution in [0.2, 0.25) is 0 Å². The number of thioether (sulfide) groups is 2. The molecule has 0 N–H and O–H groups in total. The highest BCUT2D eigenvalue weighted by Gasteiger charge is 1.95. The lowest BCUT2D eigenvalue weighted by molar-refractivity contribution is 0.711. The highest BCUT2D eigenvalue weighted by Crippen LogP contribution is 2.20. The number of nitrogens with zero attached hydrogens (tertiary/aromatic N) is 2. The van der Waals surface area contributed by atoms with Gasteiger partial charge in [-0.25, -0.2) is 0 Å². The number of pyridine rings is 2. The van der Waals surface area contributed by atoms with Gasteiger partial charge in [0.05, 0.1) is 0 Å². The largest absolute Gasteiger partial charge is 0.265 e. The van der Waals surface area contributed by atoms with Crippen LogP contribution < -0.4 is 0 Å². The van der Waals surface area contributed by atoms with Crippen molar-refractivity contribution in [2.24, 2.45) is 0 Å². The molecule has 0 aromatic carbocycles. The first kappa shape index (κ1) is 15.4. The van der Waals surface area contributed by atoms with Gasteiger partial charge in [-0.05, 0) is 48.6 Å². The summed E-state index contributed by atoms with van der Waals surface area (Å²) in [4.78, 5) is 10.7. The van der Waals surface area contributed by atoms with E-state index in [9.17, 15) is 0 Å². The average Bonchev–Trinajstić information content (AvgIpc) is 2.52. The van der Waals surface area contributed by atoms with Crippen LogP contribution in [-0.2, 0) is 0 Å². The number of unbranched alkanes of at least 4 members (excludes halogenated alkanes) is 3. The van der Waals surface area contributed by atoms with Crippen LogP contribution in [0.1, 0.15) is 25.7 Å². The Morgan fingerprint density at radius 3 is 1.40 bits per heavy atom. The molecule has 2 rings (SSSR count). The van der Waals surface area contributed by atoms with Crippen molar-refractivity contribution in [3.8, 4) is 0 Å². The Labute approximate surface area is 129 Å². The minimum atomic E-state index is 1.21. The highest BCUT2D eigenvalue weighted by molar-refractivity contribution is 7.99. The smallest absolute Gasteiger partial charge is 0.0278 e. The van der Waals surface area contributed by atoms with E-state index < -0.39 is 0 Å². The van der Waals surface area contributed by atoms with Crippen LogP contribution in [0.25, 0.3) is 0 Å². The first-order valence-electron chi connectivity index (χ1n) is 7.01. The van der Waals surface area contributed by atoms with Crippen molar-refractivity contribution in [1.82, 2.24) is 9.97 Å². The Kier molecular flexibility index (Phi) is 7.57. The molecule has 2 nitrogen and oxygen atoms in total. The van der Waals surface area contributed by atoms with Gasteiger partial charge in [-0.3, -0.25) is 9.97 Å². The maximum Gasteiger partial charge on any atom is 0.0278 e. The molecule has 20 heavy (non-hydrogen) atoms. The van der Waals surface area contributed by atoms with Crippen LogP contribution >= 0.6 is 23.5 Å². The fraction of sp³-hybridized carbons (Fsp3) is 0.375. The third kappa shape index (κ3) is 6.44. The van der Waals surface area contributed by atoms with Crippen molar-refractivity contribution >= 4 is 23.5 Å². The first-order valence-corrected chi connectivity index (χ1v) is 8.98. The topological polar surface area (TPSA) is 25.8 Å². The summed E-state index contributed by atoms with van der Waals surface area (Å²) in [5.74, 6) is 2.42. The Morgan fingerprint density at radius 1 is 0.600 bits per heavy atom. The molecule has 0 amide bonds. The van der Waals surface area contributed by atoms with E-state index in [0.717, 1.165) is 0 Å². The molecule has 0 bridgehead atoms. The molecule has 2 aromatic rings. The molecule has 106 valence electrons. The van der Waals surface area contributed by atoms with E-state index in [2.05, 4.69) is 34.2 Å². The molecule has 2 heterocycles. The van der Waals surface area contributed by atoms with Crippen molar-refractivity contribution in [3.05, 3.63) is 49.1 Å². The van der Waals surface area contributed by atoms with Gasteiger partial charge in [-0.15, -0.1) is 23.5 Å². The normalized spacial score (nSPS) is 10.6. The summed E-state index contributed by atoms with van der Waals surface area (Å²) in [6, 6.07) is 8.32. The van der Waals surface area contributed by atoms with Crippen molar-refractivity contribution in [1.29, 1.82) is 0 Å². The molecule has 2 aromatic heterocycles. The summed E-state index contributed by atoms with van der Waals surface area (Å²) in [7, 11) is 0. The molecule has 0 atom stereocenters. The lowest BCUT2D eigenvalue weighted by Gasteiger charge is -2.03. The van der Waals surface area contributed by atoms with Crippen molar-refractivity contribution < 1.29 is 0 Å². The molecule has 0 aliphatic carbocycles. The van der Waals surface area contributed by atoms with Gasteiger partial charge in [0, 0.05) is 34.6 Å². The van der Waals surface area contributed by atoms with Gasteiger partial charge < -0.3 is 0 Å². The van der Waals surface area contributed by atoms with Gasteiger partial charge >= 0.3 is 0 Å². The summed E-state index contributed by atoms with van der Waals surface area (Å²) < 4.78 is 0. The van der Waals surface area contributed by atoms with Crippen molar-refractivity contribution in [2.45, 2.75) is 35.5 Å². The predicted octanol–water partition coefficient (Wildman–Crippen LogP) is 4.92. The van der Waals surface area contributed by atoms with Gasteiger partial charge in [0.15, 0.2) is 0 Å². The van der Waals surface area contributed by atoms with Crippen LogP contribution in [0, 0.1) is 0 Å². The molecule has 0 aliphatic rings. The third-order valence-corrected chi connectivity index (χ3v) is 5.07. The van der Waals surface area contributed by atoms with Crippen LogP contribution in [-0.4, -0.2) is 21.5 Å². The number of rotatable bonds is 9. The molecular weight excluding hydrogens is 284 g/mol. The number of hydrogen-bond acceptors (Lipinski definition) is 4. The second-order valence-corrected chi connectivity index (χ2v) is 6.81. The Balaban J connectivity index is 1.44. The Bertz CT molecular complexity index is 417. The summed E-state index contributed by atoms with van der Waals surface area (Å²) in [6.07, 6.45) is 12.7. The quantitative estimate of drug-likeness (QED) is 0.485. The fourth-order valence-electron chi connectivity index (χ4n) is 1.81. The summed E-state index contributed by atoms with van der Waals surface area (Å²) in [5.41, 5.74) is 0. The summed E-state index contributed by atoms with van der Waals surface area (Å²) >= 11 is 3.86. The maximum atomic E-state index is 4.03. The van der Waals surface area contributed by atoms with E-state index in [1.807, 2.05) is 48.3 Å². The molecule has 0 fully saturated rings. The van der Waals surface area contributed by atoms with Gasteiger partial charge in [-0.2, -0.15) is 0 Å². The molecule has 0 saturated carbocycles. The van der Waals surface area contributed by atoms with Crippen molar-refractivity contribution in [2.75, 3.05) is 11.5 Å². The van der Waals surface area contributed by atoms with Crippen LogP contribution in [0.4, 0.5) is 0 Å². The van der Waals surface area contributed by atoms with Crippen LogP contribution in [0.3, 0.4) is 0 Å². The minimum absolute atomic E-state index is 1.21. The van der Waals surface area contributed by atoms with E-state index in [-0.39, 0.29) is 0 Å². The highest BCUT2D eigenvalue weighted by atomic mass is 32.2. The number of hydrogen-bond donors (Lipinski definition) is 0. The van der Waals surface area contributed by atoms with E-state index >= 15 is 0 Å². The van der Waals surface area contributed by atoms with Gasteiger partial charge in [0.25, 0.3) is 0 Å². The van der Waals surface area contributed by atoms with Gasteiger partial charge in [0.1, 0.15) is 0 Å². The molecule has 0 aliphatic heterocycles. The predicted molar refractivity (Wildman–Crippen MR) is 88.4 cm³/mol. The number of aromatic nitrogens is 2. The van der Waals surface area contributed by atoms with E-state index in [4.69, 9.17) is 0 Å². The average molecular weight is 304 g/mol. The second-order valence-electron chi connectivity index (χ2n) is 4.48. The van der Waals surface area contributed by atoms with Gasteiger partial charge in [-0.1, -0.05) is 12.8 Å². The molecule has 0 unspecified atom stereocenters. The lowest BCUT2D eigenvalue weighted by atomic mass is 10.2. The maximum absolute atomic E-state index is 4.03. The zero-order valence-corrected chi connectivity index (χ0v) is 13.2. The first-order chi connectivity index (χ1) is 9.95. The molecule has 0 saturated heterocycles. The lowest BCUT2D eigenvalue weighted by Crippen LogP contribution is -1.85. The molecule has 0 spiro atoms. The van der Waals surface area contributed by atoms with Crippen molar-refractivity contribution in [3.63, 3.8) is 0 Å². The monoisotopic (exact) mass is 304 g/mol. The van der Waals surface area contributed by atoms with E-state index in [1.54, 1.807) is 0 Å². The second kappa shape index (κ2) is 9.83. The Hall–Kier alpha value is -1.00. The zero-order chi connectivity index (χ0) is 13.9. The summed E-state index contributed by atoms with van der Waals surface area (Å²) in [6.45, 7) is 0. The molecule has 0 radical (unpaired) electrons. The SMILES string of the molecule is c1cc(SCCCCCCSc2ccncc2)ccn1. The van der Waals surface area contributed by atoms with Gasteiger partial charge in [0.2, 0.25) is 0 Å². The molecular formula is C16H20N2S2. The van der Waals surface area contributed by atoms with Crippen LogP contribution in [0.5, 0.6) is 0 Å².